The van der Waals surface area contributed by atoms with Crippen molar-refractivity contribution in [1.29, 1.82) is 0 Å². The van der Waals surface area contributed by atoms with Crippen molar-refractivity contribution in [3.63, 3.8) is 0 Å². The number of rotatable bonds is 7. The molecular formula is C22H20F2O6S2. The number of alkyl halides is 2. The van der Waals surface area contributed by atoms with Crippen LogP contribution in [0.25, 0.3) is 0 Å². The molecule has 0 saturated heterocycles. The van der Waals surface area contributed by atoms with Crippen molar-refractivity contribution in [3.8, 4) is 0 Å². The van der Waals surface area contributed by atoms with Crippen molar-refractivity contribution < 1.29 is 36.4 Å². The lowest BCUT2D eigenvalue weighted by Gasteiger charge is -2.17. The van der Waals surface area contributed by atoms with Crippen LogP contribution in [0.2, 0.25) is 0 Å². The molecule has 0 aliphatic heterocycles. The summed E-state index contributed by atoms with van der Waals surface area (Å²) >= 11 is 0. The number of hydrogen-bond donors (Lipinski definition) is 1. The number of carbonyl (C=O) groups is 1. The Kier molecular flexibility index (Phi) is 9.33. The second kappa shape index (κ2) is 11.7. The third kappa shape index (κ3) is 6.86. The van der Waals surface area contributed by atoms with E-state index in [1.54, 1.807) is 0 Å². The Morgan fingerprint density at radius 1 is 0.844 bits per heavy atom. The smallest absolute Gasteiger partial charge is 0.428 e. The maximum Gasteiger partial charge on any atom is 0.428 e. The van der Waals surface area contributed by atoms with Gasteiger partial charge in [-0.05, 0) is 36.4 Å². The molecule has 0 heterocycles. The van der Waals surface area contributed by atoms with Gasteiger partial charge in [0.1, 0.15) is 6.61 Å². The minimum atomic E-state index is -6.07. The summed E-state index contributed by atoms with van der Waals surface area (Å²) in [5.74, 6) is -2.49. The topological polar surface area (TPSA) is 104 Å². The lowest BCUT2D eigenvalue weighted by Crippen LogP contribution is -2.39. The van der Waals surface area contributed by atoms with E-state index in [0.717, 1.165) is 0 Å². The Labute approximate surface area is 187 Å². The van der Waals surface area contributed by atoms with E-state index in [2.05, 4.69) is 95.7 Å². The van der Waals surface area contributed by atoms with Crippen molar-refractivity contribution in [2.45, 2.75) is 19.9 Å². The molecule has 0 spiro atoms. The molecule has 170 valence electrons. The molecule has 0 radical (unpaired) electrons. The summed E-state index contributed by atoms with van der Waals surface area (Å²) in [5, 5.41) is 2.93. The average Bonchev–Trinajstić information content (AvgIpc) is 2.79. The SMILES string of the molecule is O=C(OCCO)C(F)(F)S(=O)(=O)[O-].c1ccc([S+](c2ccccc2)c2ccccc2)cc1. The predicted octanol–water partition coefficient (Wildman–Crippen LogP) is 3.44. The van der Waals surface area contributed by atoms with Crippen molar-refractivity contribution in [2.24, 2.45) is 0 Å². The van der Waals surface area contributed by atoms with E-state index >= 15 is 0 Å². The third-order valence-electron chi connectivity index (χ3n) is 3.81. The summed E-state index contributed by atoms with van der Waals surface area (Å²) < 4.78 is 57.3. The third-order valence-corrected chi connectivity index (χ3v) is 6.84. The average molecular weight is 483 g/mol. The molecule has 0 bridgehead atoms. The van der Waals surface area contributed by atoms with Crippen LogP contribution in [0.15, 0.2) is 106 Å². The van der Waals surface area contributed by atoms with Gasteiger partial charge in [0.2, 0.25) is 0 Å². The van der Waals surface area contributed by atoms with Crippen LogP contribution in [0.5, 0.6) is 0 Å². The Hall–Kier alpha value is -2.79. The molecule has 6 nitrogen and oxygen atoms in total. The Balaban J connectivity index is 0.000000247. The van der Waals surface area contributed by atoms with Gasteiger partial charge in [0.15, 0.2) is 24.8 Å². The number of esters is 1. The second-order valence-corrected chi connectivity index (χ2v) is 9.52. The van der Waals surface area contributed by atoms with Gasteiger partial charge in [-0.15, -0.1) is 0 Å². The molecule has 0 unspecified atom stereocenters. The fraction of sp³-hybridized carbons (Fsp3) is 0.136. The first-order valence-electron chi connectivity index (χ1n) is 9.19. The van der Waals surface area contributed by atoms with Gasteiger partial charge < -0.3 is 14.4 Å². The van der Waals surface area contributed by atoms with Gasteiger partial charge in [-0.25, -0.2) is 13.2 Å². The summed E-state index contributed by atoms with van der Waals surface area (Å²) in [5.41, 5.74) is 0. The van der Waals surface area contributed by atoms with Crippen molar-refractivity contribution in [3.05, 3.63) is 91.0 Å². The highest BCUT2D eigenvalue weighted by atomic mass is 32.2. The van der Waals surface area contributed by atoms with Gasteiger partial charge in [-0.3, -0.25) is 0 Å². The summed E-state index contributed by atoms with van der Waals surface area (Å²) in [6.45, 7) is -1.55. The zero-order valence-electron chi connectivity index (χ0n) is 16.6. The van der Waals surface area contributed by atoms with Crippen molar-refractivity contribution in [1.82, 2.24) is 0 Å². The van der Waals surface area contributed by atoms with Crippen LogP contribution >= 0.6 is 0 Å². The monoisotopic (exact) mass is 482 g/mol. The van der Waals surface area contributed by atoms with Crippen LogP contribution in [0.3, 0.4) is 0 Å². The molecule has 0 aliphatic carbocycles. The molecule has 0 aromatic heterocycles. The minimum absolute atomic E-state index is 0.0146. The predicted molar refractivity (Wildman–Crippen MR) is 114 cm³/mol. The lowest BCUT2D eigenvalue weighted by atomic mass is 10.4. The molecule has 10 heteroatoms. The van der Waals surface area contributed by atoms with Crippen LogP contribution in [0.1, 0.15) is 0 Å². The Morgan fingerprint density at radius 3 is 1.47 bits per heavy atom. The van der Waals surface area contributed by atoms with Crippen LogP contribution < -0.4 is 0 Å². The Morgan fingerprint density at radius 2 is 1.19 bits per heavy atom. The molecule has 0 aliphatic rings. The number of halogens is 2. The van der Waals surface area contributed by atoms with E-state index in [9.17, 15) is 26.5 Å². The maximum absolute atomic E-state index is 12.2. The molecule has 0 saturated carbocycles. The molecule has 0 atom stereocenters. The van der Waals surface area contributed by atoms with E-state index in [-0.39, 0.29) is 10.9 Å². The number of hydrogen-bond acceptors (Lipinski definition) is 6. The van der Waals surface area contributed by atoms with Crippen LogP contribution in [0, 0.1) is 0 Å². The van der Waals surface area contributed by atoms with Crippen LogP contribution in [0.4, 0.5) is 8.78 Å². The molecular weight excluding hydrogens is 462 g/mol. The summed E-state index contributed by atoms with van der Waals surface area (Å²) in [4.78, 5) is 14.3. The fourth-order valence-electron chi connectivity index (χ4n) is 2.40. The summed E-state index contributed by atoms with van der Waals surface area (Å²) in [6, 6.07) is 32.2. The van der Waals surface area contributed by atoms with E-state index in [1.807, 2.05) is 0 Å². The standard InChI is InChI=1S/C18H15S.C4H6F2O6S/c1-4-10-16(11-5-1)19(17-12-6-2-7-13-17)18-14-8-3-9-15-18;5-4(6,13(9,10)11)3(8)12-2-1-7/h1-15H;7H,1-2H2,(H,9,10,11)/q+1;/p-1. The normalized spacial score (nSPS) is 11.4. The minimum Gasteiger partial charge on any atom is -0.743 e. The highest BCUT2D eigenvalue weighted by molar-refractivity contribution is 7.97. The summed E-state index contributed by atoms with van der Waals surface area (Å²) in [6.07, 6.45) is 0. The number of carbonyl (C=O) groups excluding carboxylic acids is 1. The van der Waals surface area contributed by atoms with Crippen molar-refractivity contribution in [2.75, 3.05) is 13.2 Å². The van der Waals surface area contributed by atoms with Crippen LogP contribution in [-0.4, -0.2) is 42.5 Å². The number of aliphatic hydroxyl groups excluding tert-OH is 1. The highest BCUT2D eigenvalue weighted by Gasteiger charge is 2.48. The van der Waals surface area contributed by atoms with Gasteiger partial charge in [0.05, 0.1) is 17.5 Å². The lowest BCUT2D eigenvalue weighted by molar-refractivity contribution is -0.162. The van der Waals surface area contributed by atoms with E-state index in [0.29, 0.717) is 0 Å². The van der Waals surface area contributed by atoms with E-state index in [4.69, 9.17) is 5.11 Å². The largest absolute Gasteiger partial charge is 0.743 e. The van der Waals surface area contributed by atoms with Crippen molar-refractivity contribution >= 4 is 27.0 Å². The van der Waals surface area contributed by atoms with Gasteiger partial charge >= 0.3 is 11.2 Å². The van der Waals surface area contributed by atoms with Crippen LogP contribution in [-0.2, 0) is 30.5 Å². The highest BCUT2D eigenvalue weighted by Crippen LogP contribution is 2.30. The van der Waals surface area contributed by atoms with Gasteiger partial charge in [-0.1, -0.05) is 54.6 Å². The first kappa shape index (κ1) is 25.5. The molecule has 3 aromatic rings. The quantitative estimate of drug-likeness (QED) is 0.314. The van der Waals surface area contributed by atoms with E-state index in [1.165, 1.54) is 14.7 Å². The number of benzene rings is 3. The number of ether oxygens (including phenoxy) is 1. The first-order chi connectivity index (χ1) is 15.2. The molecule has 3 aromatic carbocycles. The van der Waals surface area contributed by atoms with Gasteiger partial charge in [0, 0.05) is 0 Å². The first-order valence-corrected chi connectivity index (χ1v) is 11.8. The molecule has 0 fully saturated rings. The zero-order valence-corrected chi connectivity index (χ0v) is 18.3. The summed E-state index contributed by atoms with van der Waals surface area (Å²) in [7, 11) is -6.09. The molecule has 32 heavy (non-hydrogen) atoms. The molecule has 3 rings (SSSR count). The zero-order chi connectivity index (χ0) is 23.6. The van der Waals surface area contributed by atoms with Gasteiger partial charge in [0.25, 0.3) is 0 Å². The maximum atomic E-state index is 12.2. The fourth-order valence-corrected chi connectivity index (χ4v) is 4.77. The molecule has 1 N–H and O–H groups in total. The van der Waals surface area contributed by atoms with E-state index < -0.39 is 34.6 Å². The molecule has 0 amide bonds. The Bertz CT molecular complexity index is 985. The second-order valence-electron chi connectivity index (χ2n) is 6.08. The van der Waals surface area contributed by atoms with Gasteiger partial charge in [-0.2, -0.15) is 8.78 Å². The number of aliphatic hydroxyl groups is 1.